The summed E-state index contributed by atoms with van der Waals surface area (Å²) >= 11 is 0. The zero-order valence-corrected chi connectivity index (χ0v) is 16.3. The minimum Gasteiger partial charge on any atom is -0.493 e. The lowest BCUT2D eigenvalue weighted by molar-refractivity contribution is 0.0660. The number of anilines is 1. The van der Waals surface area contributed by atoms with Gasteiger partial charge in [-0.15, -0.1) is 0 Å². The van der Waals surface area contributed by atoms with Gasteiger partial charge >= 0.3 is 0 Å². The molecule has 1 N–H and O–H groups in total. The number of hydrogen-bond donors (Lipinski definition) is 1. The molecule has 1 aliphatic rings. The first-order chi connectivity index (χ1) is 13.1. The molecule has 1 unspecified atom stereocenters. The summed E-state index contributed by atoms with van der Waals surface area (Å²) in [4.78, 5) is 14.9. The largest absolute Gasteiger partial charge is 0.493 e. The van der Waals surface area contributed by atoms with Gasteiger partial charge in [-0.25, -0.2) is 0 Å². The van der Waals surface area contributed by atoms with Crippen LogP contribution in [0.2, 0.25) is 0 Å². The molecule has 0 spiro atoms. The summed E-state index contributed by atoms with van der Waals surface area (Å²) < 4.78 is 10.9. The number of para-hydroxylation sites is 1. The number of fused-ring (bicyclic) bond motifs is 1. The number of nitrogens with zero attached hydrogens (tertiary/aromatic N) is 1. The number of carbonyl (C=O) groups is 1. The maximum atomic E-state index is 13.1. The summed E-state index contributed by atoms with van der Waals surface area (Å²) in [5.41, 5.74) is 2.62. The molecular weight excluding hydrogens is 340 g/mol. The molecule has 3 rings (SSSR count). The van der Waals surface area contributed by atoms with Gasteiger partial charge in [0.1, 0.15) is 11.9 Å². The molecular formula is C22H28N2O3. The van der Waals surface area contributed by atoms with Gasteiger partial charge < -0.3 is 19.7 Å². The quantitative estimate of drug-likeness (QED) is 0.705. The van der Waals surface area contributed by atoms with Gasteiger partial charge in [-0.1, -0.05) is 38.1 Å². The maximum Gasteiger partial charge on any atom is 0.257 e. The van der Waals surface area contributed by atoms with E-state index in [1.165, 1.54) is 0 Å². The van der Waals surface area contributed by atoms with Crippen LogP contribution in [-0.2, 0) is 4.74 Å². The molecule has 0 saturated carbocycles. The highest BCUT2D eigenvalue weighted by atomic mass is 16.5. The van der Waals surface area contributed by atoms with Crippen molar-refractivity contribution in [2.45, 2.75) is 26.4 Å². The molecule has 5 nitrogen and oxygen atoms in total. The second-order valence-corrected chi connectivity index (χ2v) is 7.21. The average Bonchev–Trinajstić information content (AvgIpc) is 2.68. The highest BCUT2D eigenvalue weighted by Crippen LogP contribution is 2.33. The molecule has 0 radical (unpaired) electrons. The van der Waals surface area contributed by atoms with Crippen molar-refractivity contribution in [1.82, 2.24) is 4.90 Å². The summed E-state index contributed by atoms with van der Waals surface area (Å²) in [7, 11) is 1.68. The number of benzene rings is 2. The predicted octanol–water partition coefficient (Wildman–Crippen LogP) is 4.32. The predicted molar refractivity (Wildman–Crippen MR) is 107 cm³/mol. The highest BCUT2D eigenvalue weighted by Gasteiger charge is 2.32. The first-order valence-electron chi connectivity index (χ1n) is 9.48. The first kappa shape index (κ1) is 19.2. The van der Waals surface area contributed by atoms with Crippen molar-refractivity contribution in [2.24, 2.45) is 5.92 Å². The lowest BCUT2D eigenvalue weighted by Crippen LogP contribution is -2.43. The topological polar surface area (TPSA) is 50.8 Å². The van der Waals surface area contributed by atoms with E-state index in [-0.39, 0.29) is 12.1 Å². The van der Waals surface area contributed by atoms with Gasteiger partial charge in [-0.05, 0) is 42.2 Å². The van der Waals surface area contributed by atoms with Crippen molar-refractivity contribution >= 4 is 11.6 Å². The molecule has 1 atom stereocenters. The smallest absolute Gasteiger partial charge is 0.257 e. The summed E-state index contributed by atoms with van der Waals surface area (Å²) in [6, 6.07) is 15.7. The molecule has 0 saturated heterocycles. The van der Waals surface area contributed by atoms with E-state index in [9.17, 15) is 4.79 Å². The van der Waals surface area contributed by atoms with Crippen LogP contribution in [0.3, 0.4) is 0 Å². The van der Waals surface area contributed by atoms with E-state index in [1.807, 2.05) is 53.4 Å². The summed E-state index contributed by atoms with van der Waals surface area (Å²) in [6.07, 6.45) is 0.585. The molecule has 1 amide bonds. The third-order valence-corrected chi connectivity index (χ3v) is 4.55. The fourth-order valence-electron chi connectivity index (χ4n) is 3.18. The van der Waals surface area contributed by atoms with E-state index in [1.54, 1.807) is 7.11 Å². The zero-order valence-electron chi connectivity index (χ0n) is 16.3. The number of hydrogen-bond acceptors (Lipinski definition) is 4. The van der Waals surface area contributed by atoms with E-state index in [0.717, 1.165) is 23.4 Å². The Bertz CT molecular complexity index is 758. The van der Waals surface area contributed by atoms with E-state index in [2.05, 4.69) is 19.2 Å². The molecule has 5 heteroatoms. The van der Waals surface area contributed by atoms with Crippen LogP contribution in [-0.4, -0.2) is 37.7 Å². The van der Waals surface area contributed by atoms with Gasteiger partial charge in [0, 0.05) is 25.9 Å². The van der Waals surface area contributed by atoms with Crippen LogP contribution in [0.1, 0.15) is 42.4 Å². The van der Waals surface area contributed by atoms with Gasteiger partial charge in [-0.3, -0.25) is 4.79 Å². The molecule has 27 heavy (non-hydrogen) atoms. The Morgan fingerprint density at radius 3 is 2.56 bits per heavy atom. The van der Waals surface area contributed by atoms with Crippen LogP contribution in [0.5, 0.6) is 5.75 Å². The van der Waals surface area contributed by atoms with Crippen LogP contribution in [0.4, 0.5) is 5.69 Å². The number of amides is 1. The Hall–Kier alpha value is -2.53. The fourth-order valence-corrected chi connectivity index (χ4v) is 3.18. The fraction of sp³-hybridized carbons (Fsp3) is 0.409. The summed E-state index contributed by atoms with van der Waals surface area (Å²) in [6.45, 7) is 6.20. The second kappa shape index (κ2) is 8.91. The van der Waals surface area contributed by atoms with Crippen LogP contribution in [0.25, 0.3) is 0 Å². The molecule has 0 bridgehead atoms. The molecule has 0 aromatic heterocycles. The van der Waals surface area contributed by atoms with Gasteiger partial charge in [0.15, 0.2) is 0 Å². The van der Waals surface area contributed by atoms with Crippen LogP contribution >= 0.6 is 0 Å². The van der Waals surface area contributed by atoms with Gasteiger partial charge in [-0.2, -0.15) is 0 Å². The normalized spacial score (nSPS) is 16.2. The third kappa shape index (κ3) is 4.61. The van der Waals surface area contributed by atoms with Crippen molar-refractivity contribution in [1.29, 1.82) is 0 Å². The molecule has 1 heterocycles. The van der Waals surface area contributed by atoms with Crippen molar-refractivity contribution in [2.75, 3.05) is 32.2 Å². The maximum absolute atomic E-state index is 13.1. The highest BCUT2D eigenvalue weighted by molar-refractivity contribution is 6.01. The minimum atomic E-state index is -0.205. The monoisotopic (exact) mass is 368 g/mol. The molecule has 144 valence electrons. The number of ether oxygens (including phenoxy) is 2. The van der Waals surface area contributed by atoms with E-state index >= 15 is 0 Å². The van der Waals surface area contributed by atoms with Crippen molar-refractivity contribution in [3.05, 3.63) is 59.7 Å². The van der Waals surface area contributed by atoms with Crippen molar-refractivity contribution in [3.8, 4) is 5.75 Å². The zero-order chi connectivity index (χ0) is 19.2. The van der Waals surface area contributed by atoms with Crippen LogP contribution in [0, 0.1) is 5.92 Å². The summed E-state index contributed by atoms with van der Waals surface area (Å²) in [5, 5.41) is 3.51. The van der Waals surface area contributed by atoms with E-state index < -0.39 is 0 Å². The molecule has 2 aromatic carbocycles. The van der Waals surface area contributed by atoms with Gasteiger partial charge in [0.25, 0.3) is 5.91 Å². The lowest BCUT2D eigenvalue weighted by Gasteiger charge is -2.38. The van der Waals surface area contributed by atoms with E-state index in [4.69, 9.17) is 9.47 Å². The SMILES string of the molecule is COCCCN1C(=O)c2ccccc2NC1c1ccc(OCC(C)C)cc1. The average molecular weight is 368 g/mol. The Labute approximate surface area is 161 Å². The Balaban J connectivity index is 1.83. The standard InChI is InChI=1S/C22H28N2O3/c1-16(2)15-27-18-11-9-17(10-12-18)21-23-20-8-5-4-7-19(20)22(25)24(21)13-6-14-26-3/h4-5,7-12,16,21,23H,6,13-15H2,1-3H3. The van der Waals surface area contributed by atoms with Crippen molar-refractivity contribution in [3.63, 3.8) is 0 Å². The summed E-state index contributed by atoms with van der Waals surface area (Å²) in [5.74, 6) is 1.38. The Kier molecular flexibility index (Phi) is 6.35. The van der Waals surface area contributed by atoms with Gasteiger partial charge in [0.2, 0.25) is 0 Å². The first-order valence-corrected chi connectivity index (χ1v) is 9.48. The molecule has 2 aromatic rings. The number of nitrogens with one attached hydrogen (secondary N) is 1. The Morgan fingerprint density at radius 1 is 1.11 bits per heavy atom. The lowest BCUT2D eigenvalue weighted by atomic mass is 10.0. The number of carbonyl (C=O) groups excluding carboxylic acids is 1. The minimum absolute atomic E-state index is 0.0468. The Morgan fingerprint density at radius 2 is 1.85 bits per heavy atom. The number of rotatable bonds is 8. The van der Waals surface area contributed by atoms with Crippen LogP contribution in [0.15, 0.2) is 48.5 Å². The molecule has 0 fully saturated rings. The second-order valence-electron chi connectivity index (χ2n) is 7.21. The van der Waals surface area contributed by atoms with Crippen molar-refractivity contribution < 1.29 is 14.3 Å². The number of methoxy groups -OCH3 is 1. The van der Waals surface area contributed by atoms with E-state index in [0.29, 0.717) is 31.2 Å². The third-order valence-electron chi connectivity index (χ3n) is 4.55. The molecule has 1 aliphatic heterocycles. The molecule has 0 aliphatic carbocycles. The van der Waals surface area contributed by atoms with Crippen LogP contribution < -0.4 is 10.1 Å². The van der Waals surface area contributed by atoms with Gasteiger partial charge in [0.05, 0.1) is 12.2 Å².